The lowest BCUT2D eigenvalue weighted by Gasteiger charge is -2.39. The number of hydrogen-bond donors (Lipinski definition) is 0. The molecule has 114 valence electrons. The van der Waals surface area contributed by atoms with Gasteiger partial charge in [0.05, 0.1) is 6.54 Å². The van der Waals surface area contributed by atoms with Gasteiger partial charge < -0.3 is 0 Å². The maximum Gasteiger partial charge on any atom is 0.401 e. The van der Waals surface area contributed by atoms with Crippen LogP contribution < -0.4 is 0 Å². The first-order chi connectivity index (χ1) is 8.74. The Labute approximate surface area is 115 Å². The summed E-state index contributed by atoms with van der Waals surface area (Å²) in [6, 6.07) is 0.113. The molecule has 0 heterocycles. The van der Waals surface area contributed by atoms with Crippen LogP contribution in [0.3, 0.4) is 0 Å². The minimum absolute atomic E-state index is 0.113. The Kier molecular flexibility index (Phi) is 6.15. The Morgan fingerprint density at radius 2 is 1.63 bits per heavy atom. The quantitative estimate of drug-likeness (QED) is 0.703. The van der Waals surface area contributed by atoms with Crippen LogP contribution in [0.15, 0.2) is 0 Å². The van der Waals surface area contributed by atoms with Crippen molar-refractivity contribution in [2.75, 3.05) is 13.6 Å². The van der Waals surface area contributed by atoms with E-state index < -0.39 is 12.7 Å². The maximum absolute atomic E-state index is 12.4. The lowest BCUT2D eigenvalue weighted by atomic mass is 9.72. The third-order valence-electron chi connectivity index (χ3n) is 4.73. The Hall–Kier alpha value is -0.250. The van der Waals surface area contributed by atoms with Crippen LogP contribution >= 0.6 is 0 Å². The predicted molar refractivity (Wildman–Crippen MR) is 73.1 cm³/mol. The fourth-order valence-corrected chi connectivity index (χ4v) is 3.73. The molecule has 0 amide bonds. The third kappa shape index (κ3) is 5.33. The lowest BCUT2D eigenvalue weighted by Crippen LogP contribution is -2.41. The zero-order valence-corrected chi connectivity index (χ0v) is 12.6. The monoisotopic (exact) mass is 279 g/mol. The fraction of sp³-hybridized carbons (Fsp3) is 1.00. The summed E-state index contributed by atoms with van der Waals surface area (Å²) in [5.74, 6) is 2.12. The van der Waals surface area contributed by atoms with Crippen molar-refractivity contribution in [1.82, 2.24) is 4.90 Å². The molecule has 1 rings (SSSR count). The second-order valence-corrected chi connectivity index (χ2v) is 6.42. The van der Waals surface area contributed by atoms with E-state index in [1.54, 1.807) is 7.05 Å². The molecule has 0 aromatic heterocycles. The topological polar surface area (TPSA) is 3.24 Å². The first kappa shape index (κ1) is 16.8. The number of nitrogens with zero attached hydrogens (tertiary/aromatic N) is 1. The summed E-state index contributed by atoms with van der Waals surface area (Å²) in [4.78, 5) is 1.49. The smallest absolute Gasteiger partial charge is 0.295 e. The van der Waals surface area contributed by atoms with Crippen molar-refractivity contribution in [2.45, 2.75) is 65.1 Å². The van der Waals surface area contributed by atoms with Gasteiger partial charge in [-0.2, -0.15) is 13.2 Å². The summed E-state index contributed by atoms with van der Waals surface area (Å²) in [7, 11) is 1.61. The van der Waals surface area contributed by atoms with Crippen molar-refractivity contribution >= 4 is 0 Å². The molecule has 1 unspecified atom stereocenters. The molecule has 0 radical (unpaired) electrons. The number of alkyl halides is 3. The largest absolute Gasteiger partial charge is 0.401 e. The summed E-state index contributed by atoms with van der Waals surface area (Å²) in [6.07, 6.45) is 1.12. The molecule has 1 aliphatic rings. The maximum atomic E-state index is 12.4. The highest BCUT2D eigenvalue weighted by Crippen LogP contribution is 2.37. The summed E-state index contributed by atoms with van der Waals surface area (Å²) < 4.78 is 37.2. The van der Waals surface area contributed by atoms with Crippen LogP contribution in [0.25, 0.3) is 0 Å². The van der Waals surface area contributed by atoms with Crippen molar-refractivity contribution in [2.24, 2.45) is 17.8 Å². The predicted octanol–water partition coefficient (Wildman–Crippen LogP) is 4.72. The molecule has 0 N–H and O–H groups in total. The molecule has 19 heavy (non-hydrogen) atoms. The minimum Gasteiger partial charge on any atom is -0.295 e. The molecule has 1 fully saturated rings. The Morgan fingerprint density at radius 1 is 1.11 bits per heavy atom. The van der Waals surface area contributed by atoms with Gasteiger partial charge in [0.1, 0.15) is 0 Å². The van der Waals surface area contributed by atoms with Crippen LogP contribution in [0.1, 0.15) is 52.9 Å². The van der Waals surface area contributed by atoms with Gasteiger partial charge in [0.15, 0.2) is 0 Å². The molecule has 0 aromatic rings. The van der Waals surface area contributed by atoms with Crippen molar-refractivity contribution in [3.05, 3.63) is 0 Å². The molecule has 0 saturated heterocycles. The Balaban J connectivity index is 2.44. The van der Waals surface area contributed by atoms with Gasteiger partial charge in [-0.3, -0.25) is 4.90 Å². The van der Waals surface area contributed by atoms with E-state index in [1.165, 1.54) is 11.3 Å². The van der Waals surface area contributed by atoms with E-state index in [-0.39, 0.29) is 6.04 Å². The van der Waals surface area contributed by atoms with Crippen molar-refractivity contribution in [1.29, 1.82) is 0 Å². The molecule has 0 spiro atoms. The van der Waals surface area contributed by atoms with Gasteiger partial charge in [-0.1, -0.05) is 27.2 Å². The van der Waals surface area contributed by atoms with Gasteiger partial charge in [-0.15, -0.1) is 0 Å². The van der Waals surface area contributed by atoms with Crippen LogP contribution in [0, 0.1) is 17.8 Å². The Bertz CT molecular complexity index is 255. The van der Waals surface area contributed by atoms with Crippen LogP contribution in [0.2, 0.25) is 0 Å². The van der Waals surface area contributed by atoms with Crippen molar-refractivity contribution in [3.8, 4) is 0 Å². The fourth-order valence-electron chi connectivity index (χ4n) is 3.73. The summed E-state index contributed by atoms with van der Waals surface area (Å²) in [5.41, 5.74) is 0. The molecule has 1 aliphatic carbocycles. The molecule has 1 atom stereocenters. The highest BCUT2D eigenvalue weighted by Gasteiger charge is 2.34. The van der Waals surface area contributed by atoms with E-state index in [2.05, 4.69) is 20.8 Å². The molecular weight excluding hydrogens is 251 g/mol. The van der Waals surface area contributed by atoms with Crippen molar-refractivity contribution < 1.29 is 13.2 Å². The normalized spacial score (nSPS) is 27.0. The first-order valence-electron chi connectivity index (χ1n) is 7.51. The number of halogens is 3. The highest BCUT2D eigenvalue weighted by atomic mass is 19.4. The van der Waals surface area contributed by atoms with E-state index in [0.717, 1.165) is 31.6 Å². The van der Waals surface area contributed by atoms with Gasteiger partial charge in [0.2, 0.25) is 0 Å². The summed E-state index contributed by atoms with van der Waals surface area (Å²) >= 11 is 0. The van der Waals surface area contributed by atoms with Gasteiger partial charge in [0.25, 0.3) is 0 Å². The summed E-state index contributed by atoms with van der Waals surface area (Å²) in [6.45, 7) is 5.97. The SMILES string of the molecule is CCC(C(C)C)[C@H]1CC[C@H](N(C)CC(F)(F)F)CC1. The standard InChI is InChI=1S/C15H28F3N/c1-5-14(11(2)3)12-6-8-13(9-7-12)19(4)10-15(16,17)18/h11-14H,5-10H2,1-4H3/t12-,13-,14?. The lowest BCUT2D eigenvalue weighted by molar-refractivity contribution is -0.149. The third-order valence-corrected chi connectivity index (χ3v) is 4.73. The number of rotatable bonds is 5. The molecule has 0 bridgehead atoms. The molecule has 4 heteroatoms. The van der Waals surface area contributed by atoms with Crippen LogP contribution in [-0.2, 0) is 0 Å². The molecule has 0 aliphatic heterocycles. The van der Waals surface area contributed by atoms with Crippen LogP contribution in [0.5, 0.6) is 0 Å². The molecular formula is C15H28F3N. The van der Waals surface area contributed by atoms with E-state index in [4.69, 9.17) is 0 Å². The van der Waals surface area contributed by atoms with Gasteiger partial charge in [-0.25, -0.2) is 0 Å². The average Bonchev–Trinajstić information content (AvgIpc) is 2.28. The minimum atomic E-state index is -4.07. The Morgan fingerprint density at radius 3 is 2.00 bits per heavy atom. The van der Waals surface area contributed by atoms with Gasteiger partial charge in [-0.05, 0) is 50.5 Å². The van der Waals surface area contributed by atoms with E-state index in [0.29, 0.717) is 11.8 Å². The summed E-state index contributed by atoms with van der Waals surface area (Å²) in [5, 5.41) is 0. The average molecular weight is 279 g/mol. The highest BCUT2D eigenvalue weighted by molar-refractivity contribution is 4.83. The number of hydrogen-bond acceptors (Lipinski definition) is 1. The second kappa shape index (κ2) is 6.96. The van der Waals surface area contributed by atoms with E-state index in [1.807, 2.05) is 0 Å². The molecule has 0 aromatic carbocycles. The van der Waals surface area contributed by atoms with E-state index >= 15 is 0 Å². The van der Waals surface area contributed by atoms with E-state index in [9.17, 15) is 13.2 Å². The zero-order valence-electron chi connectivity index (χ0n) is 12.6. The molecule has 1 nitrogen and oxygen atoms in total. The second-order valence-electron chi connectivity index (χ2n) is 6.42. The first-order valence-corrected chi connectivity index (χ1v) is 7.51. The molecule has 1 saturated carbocycles. The zero-order chi connectivity index (χ0) is 14.6. The van der Waals surface area contributed by atoms with Gasteiger partial charge >= 0.3 is 6.18 Å². The van der Waals surface area contributed by atoms with Crippen molar-refractivity contribution in [3.63, 3.8) is 0 Å². The van der Waals surface area contributed by atoms with Gasteiger partial charge in [0, 0.05) is 6.04 Å². The van der Waals surface area contributed by atoms with Crippen LogP contribution in [-0.4, -0.2) is 30.7 Å². The van der Waals surface area contributed by atoms with Crippen LogP contribution in [0.4, 0.5) is 13.2 Å².